The Morgan fingerprint density at radius 3 is 2.37 bits per heavy atom. The van der Waals surface area contributed by atoms with Gasteiger partial charge in [-0.1, -0.05) is 0 Å². The van der Waals surface area contributed by atoms with Crippen molar-refractivity contribution in [3.8, 4) is 0 Å². The van der Waals surface area contributed by atoms with E-state index < -0.39 is 23.3 Å². The van der Waals surface area contributed by atoms with Gasteiger partial charge in [-0.2, -0.15) is 0 Å². The lowest BCUT2D eigenvalue weighted by Crippen LogP contribution is -2.62. The first kappa shape index (κ1) is 13.2. The molecule has 1 aliphatic heterocycles. The van der Waals surface area contributed by atoms with E-state index in [0.29, 0.717) is 11.4 Å². The van der Waals surface area contributed by atoms with E-state index in [1.165, 1.54) is 13.8 Å². The Morgan fingerprint density at radius 1 is 1.16 bits per heavy atom. The van der Waals surface area contributed by atoms with Crippen molar-refractivity contribution in [2.24, 2.45) is 5.41 Å². The molecule has 1 fully saturated rings. The van der Waals surface area contributed by atoms with Gasteiger partial charge in [-0.25, -0.2) is 9.69 Å². The van der Waals surface area contributed by atoms with Crippen molar-refractivity contribution in [1.29, 1.82) is 0 Å². The van der Waals surface area contributed by atoms with Gasteiger partial charge in [-0.05, 0) is 39.8 Å². The molecule has 0 bridgehead atoms. The lowest BCUT2D eigenvalue weighted by atomic mass is 9.88. The molecule has 0 radical (unpaired) electrons. The van der Waals surface area contributed by atoms with Crippen molar-refractivity contribution >= 4 is 23.5 Å². The SMILES string of the molecule is Cc1ccc(N2C(=O)NC(=O)C(C)(C)C2=O)c(C)n1. The molecule has 0 aromatic carbocycles. The predicted molar refractivity (Wildman–Crippen MR) is 68.5 cm³/mol. The number of carbonyl (C=O) groups is 3. The third-order valence-corrected chi connectivity index (χ3v) is 3.17. The minimum Gasteiger partial charge on any atom is -0.276 e. The van der Waals surface area contributed by atoms with E-state index in [2.05, 4.69) is 10.3 Å². The smallest absolute Gasteiger partial charge is 0.276 e. The van der Waals surface area contributed by atoms with Crippen molar-refractivity contribution in [3.63, 3.8) is 0 Å². The average molecular weight is 261 g/mol. The van der Waals surface area contributed by atoms with Gasteiger partial charge in [-0.3, -0.25) is 19.9 Å². The van der Waals surface area contributed by atoms with E-state index >= 15 is 0 Å². The standard InChI is InChI=1S/C13H15N3O3/c1-7-5-6-9(8(2)14-7)16-11(18)13(3,4)10(17)15-12(16)19/h5-6H,1-4H3,(H,15,17,19). The maximum absolute atomic E-state index is 12.3. The molecule has 1 N–H and O–H groups in total. The van der Waals surface area contributed by atoms with Crippen LogP contribution in [0.15, 0.2) is 12.1 Å². The van der Waals surface area contributed by atoms with E-state index in [9.17, 15) is 14.4 Å². The number of urea groups is 1. The first-order valence-corrected chi connectivity index (χ1v) is 5.89. The van der Waals surface area contributed by atoms with Crippen LogP contribution in [0, 0.1) is 19.3 Å². The molecule has 6 nitrogen and oxygen atoms in total. The van der Waals surface area contributed by atoms with Gasteiger partial charge in [0.05, 0.1) is 11.4 Å². The van der Waals surface area contributed by atoms with Crippen LogP contribution in [0.25, 0.3) is 0 Å². The summed E-state index contributed by atoms with van der Waals surface area (Å²) in [4.78, 5) is 41.1. The zero-order chi connectivity index (χ0) is 14.4. The van der Waals surface area contributed by atoms with Gasteiger partial charge in [0.15, 0.2) is 0 Å². The molecule has 0 unspecified atom stereocenters. The molecule has 1 aromatic rings. The summed E-state index contributed by atoms with van der Waals surface area (Å²) in [6.07, 6.45) is 0. The summed E-state index contributed by atoms with van der Waals surface area (Å²) >= 11 is 0. The van der Waals surface area contributed by atoms with Crippen molar-refractivity contribution in [2.45, 2.75) is 27.7 Å². The molecule has 2 heterocycles. The Balaban J connectivity index is 2.52. The Bertz CT molecular complexity index is 593. The third-order valence-electron chi connectivity index (χ3n) is 3.17. The highest BCUT2D eigenvalue weighted by Gasteiger charge is 2.48. The first-order valence-electron chi connectivity index (χ1n) is 5.89. The number of aryl methyl sites for hydroxylation is 2. The van der Waals surface area contributed by atoms with E-state index in [-0.39, 0.29) is 0 Å². The highest BCUT2D eigenvalue weighted by molar-refractivity contribution is 6.29. The number of nitrogens with zero attached hydrogens (tertiary/aromatic N) is 2. The van der Waals surface area contributed by atoms with Gasteiger partial charge in [0, 0.05) is 5.69 Å². The van der Waals surface area contributed by atoms with Crippen LogP contribution < -0.4 is 10.2 Å². The molecule has 100 valence electrons. The molecule has 19 heavy (non-hydrogen) atoms. The number of amides is 4. The number of hydrogen-bond donors (Lipinski definition) is 1. The number of imide groups is 2. The van der Waals surface area contributed by atoms with E-state index in [1.54, 1.807) is 19.1 Å². The summed E-state index contributed by atoms with van der Waals surface area (Å²) in [6, 6.07) is 2.64. The zero-order valence-electron chi connectivity index (χ0n) is 11.3. The number of anilines is 1. The number of hydrogen-bond acceptors (Lipinski definition) is 4. The highest BCUT2D eigenvalue weighted by atomic mass is 16.2. The molecule has 4 amide bonds. The highest BCUT2D eigenvalue weighted by Crippen LogP contribution is 2.29. The molecule has 0 saturated carbocycles. The molecule has 6 heteroatoms. The summed E-state index contributed by atoms with van der Waals surface area (Å²) in [7, 11) is 0. The molecule has 0 aliphatic carbocycles. The van der Waals surface area contributed by atoms with Gasteiger partial charge in [0.25, 0.3) is 0 Å². The maximum atomic E-state index is 12.3. The average Bonchev–Trinajstić information content (AvgIpc) is 2.30. The number of barbiturate groups is 1. The van der Waals surface area contributed by atoms with Crippen LogP contribution in [0.5, 0.6) is 0 Å². The van der Waals surface area contributed by atoms with Crippen molar-refractivity contribution in [1.82, 2.24) is 10.3 Å². The zero-order valence-corrected chi connectivity index (χ0v) is 11.3. The minimum atomic E-state index is -1.27. The molecule has 0 atom stereocenters. The van der Waals surface area contributed by atoms with Gasteiger partial charge < -0.3 is 0 Å². The second kappa shape index (κ2) is 4.15. The molecular weight excluding hydrogens is 246 g/mol. The summed E-state index contributed by atoms with van der Waals surface area (Å²) in [6.45, 7) is 6.51. The fourth-order valence-corrected chi connectivity index (χ4v) is 1.91. The van der Waals surface area contributed by atoms with Gasteiger partial charge in [-0.15, -0.1) is 0 Å². The van der Waals surface area contributed by atoms with Crippen LogP contribution in [0.2, 0.25) is 0 Å². The summed E-state index contributed by atoms with van der Waals surface area (Å²) in [5.41, 5.74) is 0.481. The largest absolute Gasteiger partial charge is 0.335 e. The van der Waals surface area contributed by atoms with Crippen LogP contribution in [0.3, 0.4) is 0 Å². The molecule has 1 aliphatic rings. The Labute approximate surface area is 110 Å². The summed E-state index contributed by atoms with van der Waals surface area (Å²) in [5.74, 6) is -1.13. The lowest BCUT2D eigenvalue weighted by Gasteiger charge is -2.34. The van der Waals surface area contributed by atoms with E-state index in [1.807, 2.05) is 6.92 Å². The van der Waals surface area contributed by atoms with E-state index in [4.69, 9.17) is 0 Å². The van der Waals surface area contributed by atoms with Gasteiger partial charge >= 0.3 is 6.03 Å². The Kier molecular flexibility index (Phi) is 2.88. The van der Waals surface area contributed by atoms with E-state index in [0.717, 1.165) is 10.6 Å². The molecule has 2 rings (SSSR count). The van der Waals surface area contributed by atoms with Crippen molar-refractivity contribution in [2.75, 3.05) is 4.90 Å². The minimum absolute atomic E-state index is 0.397. The summed E-state index contributed by atoms with van der Waals surface area (Å²) < 4.78 is 0. The predicted octanol–water partition coefficient (Wildman–Crippen LogP) is 1.31. The number of rotatable bonds is 1. The number of carbonyl (C=O) groups excluding carboxylic acids is 3. The maximum Gasteiger partial charge on any atom is 0.335 e. The Morgan fingerprint density at radius 2 is 1.79 bits per heavy atom. The lowest BCUT2D eigenvalue weighted by molar-refractivity contribution is -0.140. The van der Waals surface area contributed by atoms with Crippen LogP contribution in [-0.4, -0.2) is 22.8 Å². The molecule has 1 aromatic heterocycles. The van der Waals surface area contributed by atoms with Crippen LogP contribution in [0.4, 0.5) is 10.5 Å². The normalized spacial score (nSPS) is 18.5. The second-order valence-corrected chi connectivity index (χ2v) is 5.08. The fraction of sp³-hybridized carbons (Fsp3) is 0.385. The van der Waals surface area contributed by atoms with Crippen LogP contribution in [0.1, 0.15) is 25.2 Å². The third kappa shape index (κ3) is 1.99. The van der Waals surface area contributed by atoms with Crippen molar-refractivity contribution < 1.29 is 14.4 Å². The molecular formula is C13H15N3O3. The molecule has 0 spiro atoms. The van der Waals surface area contributed by atoms with Crippen LogP contribution in [-0.2, 0) is 9.59 Å². The fourth-order valence-electron chi connectivity index (χ4n) is 1.91. The second-order valence-electron chi connectivity index (χ2n) is 5.08. The summed E-state index contributed by atoms with van der Waals surface area (Å²) in [5, 5.41) is 2.19. The Hall–Kier alpha value is -2.24. The monoisotopic (exact) mass is 261 g/mol. The van der Waals surface area contributed by atoms with Crippen LogP contribution >= 0.6 is 0 Å². The van der Waals surface area contributed by atoms with Gasteiger partial charge in [0.2, 0.25) is 11.8 Å². The number of nitrogens with one attached hydrogen (secondary N) is 1. The van der Waals surface area contributed by atoms with Crippen molar-refractivity contribution in [3.05, 3.63) is 23.5 Å². The first-order chi connectivity index (χ1) is 8.75. The quantitative estimate of drug-likeness (QED) is 0.773. The molecule has 1 saturated heterocycles. The number of pyridine rings is 1. The topological polar surface area (TPSA) is 79.4 Å². The number of aromatic nitrogens is 1. The van der Waals surface area contributed by atoms with Gasteiger partial charge in [0.1, 0.15) is 5.41 Å².